The van der Waals surface area contributed by atoms with Gasteiger partial charge >= 0.3 is 0 Å². The molecule has 1 N–H and O–H groups in total. The first-order valence-corrected chi connectivity index (χ1v) is 13.7. The van der Waals surface area contributed by atoms with Gasteiger partial charge in [-0.05, 0) is 49.9 Å². The largest absolute Gasteiger partial charge is 0.496 e. The smallest absolute Gasteiger partial charge is 0.138 e. The van der Waals surface area contributed by atoms with Crippen LogP contribution in [0.5, 0.6) is 5.75 Å². The zero-order valence-electron chi connectivity index (χ0n) is 21.6. The molecule has 0 spiro atoms. The fourth-order valence-electron chi connectivity index (χ4n) is 5.42. The van der Waals surface area contributed by atoms with E-state index in [0.29, 0.717) is 19.2 Å². The Morgan fingerprint density at radius 3 is 2.81 bits per heavy atom. The maximum absolute atomic E-state index is 6.04. The van der Waals surface area contributed by atoms with E-state index in [1.165, 1.54) is 21.4 Å². The molecule has 0 radical (unpaired) electrons. The summed E-state index contributed by atoms with van der Waals surface area (Å²) in [4.78, 5) is 18.2. The van der Waals surface area contributed by atoms with E-state index < -0.39 is 0 Å². The van der Waals surface area contributed by atoms with E-state index in [0.717, 1.165) is 60.9 Å². The number of methoxy groups -OCH3 is 1. The van der Waals surface area contributed by atoms with Gasteiger partial charge in [0, 0.05) is 42.5 Å². The van der Waals surface area contributed by atoms with E-state index in [1.807, 2.05) is 4.68 Å². The Balaban J connectivity index is 1.11. The predicted octanol–water partition coefficient (Wildman–Crippen LogP) is 4.27. The molecule has 1 fully saturated rings. The van der Waals surface area contributed by atoms with Crippen molar-refractivity contribution < 1.29 is 9.47 Å². The third-order valence-electron chi connectivity index (χ3n) is 7.35. The molecule has 5 heterocycles. The molecule has 3 aromatic heterocycles. The number of aromatic nitrogens is 5. The zero-order chi connectivity index (χ0) is 25.4. The second-order valence-electron chi connectivity index (χ2n) is 10.6. The Kier molecular flexibility index (Phi) is 6.56. The number of rotatable bonds is 7. The lowest BCUT2D eigenvalue weighted by molar-refractivity contribution is -0.0379. The molecule has 10 heteroatoms. The van der Waals surface area contributed by atoms with Gasteiger partial charge < -0.3 is 14.8 Å². The van der Waals surface area contributed by atoms with E-state index in [2.05, 4.69) is 62.3 Å². The van der Waals surface area contributed by atoms with Crippen molar-refractivity contribution >= 4 is 27.4 Å². The number of piperidine rings is 1. The molecule has 0 atom stereocenters. The van der Waals surface area contributed by atoms with Crippen LogP contribution in [0.2, 0.25) is 0 Å². The van der Waals surface area contributed by atoms with Gasteiger partial charge in [-0.3, -0.25) is 4.90 Å². The van der Waals surface area contributed by atoms with Gasteiger partial charge in [0.15, 0.2) is 0 Å². The lowest BCUT2D eigenvalue weighted by atomic mass is 9.94. The predicted molar refractivity (Wildman–Crippen MR) is 144 cm³/mol. The van der Waals surface area contributed by atoms with E-state index in [9.17, 15) is 0 Å². The molecule has 2 aliphatic heterocycles. The number of hydrogen-bond acceptors (Lipinski definition) is 9. The molecule has 0 bridgehead atoms. The van der Waals surface area contributed by atoms with Crippen molar-refractivity contribution in [2.45, 2.75) is 64.4 Å². The van der Waals surface area contributed by atoms with Crippen molar-refractivity contribution in [2.24, 2.45) is 0 Å². The average molecular weight is 520 g/mol. The van der Waals surface area contributed by atoms with Crippen LogP contribution in [0.4, 0.5) is 5.82 Å². The summed E-state index contributed by atoms with van der Waals surface area (Å²) in [6, 6.07) is 6.85. The van der Waals surface area contributed by atoms with Crippen LogP contribution in [0.3, 0.4) is 0 Å². The minimum Gasteiger partial charge on any atom is -0.496 e. The molecular weight excluding hydrogens is 486 g/mol. The first kappa shape index (κ1) is 24.3. The fourth-order valence-corrected chi connectivity index (χ4v) is 6.49. The normalized spacial score (nSPS) is 18.1. The highest BCUT2D eigenvalue weighted by molar-refractivity contribution is 7.18. The lowest BCUT2D eigenvalue weighted by Gasteiger charge is -2.33. The van der Waals surface area contributed by atoms with Crippen LogP contribution in [0.15, 0.2) is 37.2 Å². The maximum Gasteiger partial charge on any atom is 0.138 e. The van der Waals surface area contributed by atoms with Gasteiger partial charge in [0.1, 0.15) is 35.4 Å². The second-order valence-corrected chi connectivity index (χ2v) is 11.6. The van der Waals surface area contributed by atoms with Crippen LogP contribution in [-0.2, 0) is 30.9 Å². The van der Waals surface area contributed by atoms with Gasteiger partial charge in [0.05, 0.1) is 31.2 Å². The first-order chi connectivity index (χ1) is 18.0. The number of likely N-dealkylation sites (tertiary alicyclic amines) is 1. The summed E-state index contributed by atoms with van der Waals surface area (Å²) >= 11 is 1.74. The summed E-state index contributed by atoms with van der Waals surface area (Å²) in [7, 11) is 1.71. The minimum atomic E-state index is -0.157. The lowest BCUT2D eigenvalue weighted by Crippen LogP contribution is -2.39. The molecule has 4 aromatic rings. The second kappa shape index (κ2) is 10.00. The summed E-state index contributed by atoms with van der Waals surface area (Å²) in [6.45, 7) is 8.63. The van der Waals surface area contributed by atoms with Crippen LogP contribution in [0.1, 0.15) is 48.3 Å². The number of anilines is 1. The van der Waals surface area contributed by atoms with Crippen LogP contribution in [0, 0.1) is 0 Å². The third kappa shape index (κ3) is 5.18. The Bertz CT molecular complexity index is 1380. The molecule has 1 saturated heterocycles. The topological polar surface area (TPSA) is 90.2 Å². The summed E-state index contributed by atoms with van der Waals surface area (Å²) < 4.78 is 13.4. The van der Waals surface area contributed by atoms with Crippen molar-refractivity contribution in [3.05, 3.63) is 58.7 Å². The number of nitrogens with zero attached hydrogens (tertiary/aromatic N) is 6. The van der Waals surface area contributed by atoms with E-state index in [1.54, 1.807) is 37.4 Å². The fraction of sp³-hybridized carbons (Fsp3) is 0.481. The van der Waals surface area contributed by atoms with E-state index in [-0.39, 0.29) is 5.60 Å². The number of ether oxygens (including phenoxy) is 2. The monoisotopic (exact) mass is 519 g/mol. The Morgan fingerprint density at radius 1 is 1.16 bits per heavy atom. The molecule has 9 nitrogen and oxygen atoms in total. The highest BCUT2D eigenvalue weighted by atomic mass is 32.1. The van der Waals surface area contributed by atoms with Crippen molar-refractivity contribution in [3.63, 3.8) is 0 Å². The molecule has 0 saturated carbocycles. The van der Waals surface area contributed by atoms with Crippen molar-refractivity contribution in [3.8, 4) is 5.75 Å². The van der Waals surface area contributed by atoms with Crippen molar-refractivity contribution in [1.82, 2.24) is 29.6 Å². The molecule has 1 aromatic carbocycles. The molecule has 0 aliphatic carbocycles. The van der Waals surface area contributed by atoms with Gasteiger partial charge in [0.25, 0.3) is 0 Å². The highest BCUT2D eigenvalue weighted by Gasteiger charge is 2.31. The summed E-state index contributed by atoms with van der Waals surface area (Å²) in [6.07, 6.45) is 8.03. The summed E-state index contributed by atoms with van der Waals surface area (Å²) in [5, 5.41) is 9.21. The molecular formula is C27H33N7O2S. The highest BCUT2D eigenvalue weighted by Crippen LogP contribution is 2.40. The number of hydrogen-bond donors (Lipinski definition) is 1. The number of thiophene rings is 1. The average Bonchev–Trinajstić information content (AvgIpc) is 3.53. The van der Waals surface area contributed by atoms with Crippen LogP contribution >= 0.6 is 11.3 Å². The van der Waals surface area contributed by atoms with Gasteiger partial charge in [-0.25, -0.2) is 19.6 Å². The summed E-state index contributed by atoms with van der Waals surface area (Å²) in [5.41, 5.74) is 3.60. The quantitative estimate of drug-likeness (QED) is 0.387. The van der Waals surface area contributed by atoms with Crippen molar-refractivity contribution in [1.29, 1.82) is 0 Å². The molecule has 2 aliphatic rings. The number of benzene rings is 1. The summed E-state index contributed by atoms with van der Waals surface area (Å²) in [5.74, 6) is 1.86. The molecule has 6 rings (SSSR count). The minimum absolute atomic E-state index is 0.157. The van der Waals surface area contributed by atoms with Gasteiger partial charge in [0.2, 0.25) is 0 Å². The van der Waals surface area contributed by atoms with Gasteiger partial charge in [-0.2, -0.15) is 5.10 Å². The van der Waals surface area contributed by atoms with Gasteiger partial charge in [-0.15, -0.1) is 11.3 Å². The van der Waals surface area contributed by atoms with Crippen molar-refractivity contribution in [2.75, 3.05) is 25.5 Å². The first-order valence-electron chi connectivity index (χ1n) is 12.8. The molecule has 0 amide bonds. The maximum atomic E-state index is 6.04. The van der Waals surface area contributed by atoms with Crippen LogP contribution < -0.4 is 10.1 Å². The molecule has 0 unspecified atom stereocenters. The Hall–Kier alpha value is -3.08. The Morgan fingerprint density at radius 2 is 2.03 bits per heavy atom. The Labute approximate surface area is 220 Å². The van der Waals surface area contributed by atoms with Gasteiger partial charge in [-0.1, -0.05) is 6.07 Å². The molecule has 194 valence electrons. The SMILES string of the molecule is COc1ccc(CN2CCC(Nc3ncnc4sc5c(c34)CC(C)(C)OC5)CC2)cc1Cn1cncn1. The standard InChI is InChI=1S/C27H33N7O2S/c1-27(2)11-21-23(14-36-27)37-26-24(21)25(29-16-30-26)32-20-6-8-33(9-7-20)12-18-4-5-22(35-3)19(10-18)13-34-17-28-15-31-34/h4-5,10,15-17,20H,6-9,11-14H2,1-3H3,(H,29,30,32). The zero-order valence-corrected chi connectivity index (χ0v) is 22.4. The van der Waals surface area contributed by atoms with E-state index >= 15 is 0 Å². The molecule has 37 heavy (non-hydrogen) atoms. The van der Waals surface area contributed by atoms with Crippen LogP contribution in [-0.4, -0.2) is 61.5 Å². The number of fused-ring (bicyclic) bond motifs is 3. The van der Waals surface area contributed by atoms with Crippen LogP contribution in [0.25, 0.3) is 10.2 Å². The van der Waals surface area contributed by atoms with E-state index in [4.69, 9.17) is 9.47 Å². The number of nitrogens with one attached hydrogen (secondary N) is 1. The third-order valence-corrected chi connectivity index (χ3v) is 8.46.